The normalized spacial score (nSPS) is 24.9. The number of ether oxygens (including phenoxy) is 1. The van der Waals surface area contributed by atoms with Gasteiger partial charge in [-0.05, 0) is 26.7 Å². The van der Waals surface area contributed by atoms with Gasteiger partial charge in [0.25, 0.3) is 0 Å². The fourth-order valence-corrected chi connectivity index (χ4v) is 1.57. The summed E-state index contributed by atoms with van der Waals surface area (Å²) in [7, 11) is 0. The van der Waals surface area contributed by atoms with E-state index in [2.05, 4.69) is 17.6 Å². The Morgan fingerprint density at radius 3 is 2.80 bits per heavy atom. The maximum absolute atomic E-state index is 11.7. The van der Waals surface area contributed by atoms with Gasteiger partial charge in [-0.2, -0.15) is 0 Å². The Labute approximate surface area is 91.8 Å². The monoisotopic (exact) mass is 214 g/mol. The van der Waals surface area contributed by atoms with Gasteiger partial charge in [-0.1, -0.05) is 6.92 Å². The van der Waals surface area contributed by atoms with Crippen LogP contribution >= 0.6 is 0 Å². The van der Waals surface area contributed by atoms with E-state index in [1.54, 1.807) is 0 Å². The highest BCUT2D eigenvalue weighted by atomic mass is 16.5. The Bertz CT molecular complexity index is 203. The summed E-state index contributed by atoms with van der Waals surface area (Å²) in [5.41, 5.74) is 0. The smallest absolute Gasteiger partial charge is 0.237 e. The largest absolute Gasteiger partial charge is 0.380 e. The van der Waals surface area contributed by atoms with Crippen LogP contribution in [0.15, 0.2) is 0 Å². The highest BCUT2D eigenvalue weighted by Crippen LogP contribution is 2.04. The first-order valence-corrected chi connectivity index (χ1v) is 5.77. The summed E-state index contributed by atoms with van der Waals surface area (Å²) < 4.78 is 5.25. The van der Waals surface area contributed by atoms with Gasteiger partial charge in [-0.25, -0.2) is 0 Å². The lowest BCUT2D eigenvalue weighted by Crippen LogP contribution is -2.48. The predicted octanol–water partition coefficient (Wildman–Crippen LogP) is 0.668. The molecule has 15 heavy (non-hydrogen) atoms. The van der Waals surface area contributed by atoms with E-state index in [1.165, 1.54) is 0 Å². The van der Waals surface area contributed by atoms with Crippen LogP contribution in [0, 0.1) is 0 Å². The summed E-state index contributed by atoms with van der Waals surface area (Å²) in [6.45, 7) is 7.51. The second-order valence-electron chi connectivity index (χ2n) is 4.27. The lowest BCUT2D eigenvalue weighted by molar-refractivity contribution is -0.123. The molecule has 1 amide bonds. The number of nitrogens with one attached hydrogen (secondary N) is 2. The summed E-state index contributed by atoms with van der Waals surface area (Å²) >= 11 is 0. The quantitative estimate of drug-likeness (QED) is 0.707. The first kappa shape index (κ1) is 12.5. The summed E-state index contributed by atoms with van der Waals surface area (Å²) in [6, 6.07) is 0.454. The van der Waals surface area contributed by atoms with E-state index in [4.69, 9.17) is 4.74 Å². The van der Waals surface area contributed by atoms with Crippen molar-refractivity contribution in [2.75, 3.05) is 13.2 Å². The topological polar surface area (TPSA) is 50.4 Å². The number of amides is 1. The zero-order valence-electron chi connectivity index (χ0n) is 9.88. The summed E-state index contributed by atoms with van der Waals surface area (Å²) in [5.74, 6) is 0.0799. The maximum Gasteiger partial charge on any atom is 0.237 e. The lowest BCUT2D eigenvalue weighted by Gasteiger charge is -2.20. The molecule has 0 aliphatic carbocycles. The molecule has 0 spiro atoms. The van der Waals surface area contributed by atoms with Crippen molar-refractivity contribution >= 4 is 5.91 Å². The molecular weight excluding hydrogens is 192 g/mol. The summed E-state index contributed by atoms with van der Waals surface area (Å²) in [5, 5.41) is 6.23. The number of hydrogen-bond donors (Lipinski definition) is 2. The van der Waals surface area contributed by atoms with Crippen LogP contribution in [0.2, 0.25) is 0 Å². The number of carbonyl (C=O) groups is 1. The Morgan fingerprint density at radius 2 is 2.27 bits per heavy atom. The molecule has 4 nitrogen and oxygen atoms in total. The van der Waals surface area contributed by atoms with Crippen molar-refractivity contribution < 1.29 is 9.53 Å². The first-order valence-electron chi connectivity index (χ1n) is 5.77. The van der Waals surface area contributed by atoms with Gasteiger partial charge < -0.3 is 15.4 Å². The Balaban J connectivity index is 2.25. The molecule has 1 rings (SSSR count). The predicted molar refractivity (Wildman–Crippen MR) is 59.7 cm³/mol. The van der Waals surface area contributed by atoms with E-state index < -0.39 is 0 Å². The number of carbonyl (C=O) groups excluding carboxylic acids is 1. The van der Waals surface area contributed by atoms with Gasteiger partial charge in [-0.15, -0.1) is 0 Å². The van der Waals surface area contributed by atoms with Gasteiger partial charge in [0, 0.05) is 18.7 Å². The standard InChI is InChI=1S/C11H22N2O2/c1-4-8(2)12-11(14)9(3)13-10-5-6-15-7-10/h8-10,13H,4-7H2,1-3H3,(H,12,14). The van der Waals surface area contributed by atoms with Crippen molar-refractivity contribution in [1.29, 1.82) is 0 Å². The maximum atomic E-state index is 11.7. The molecule has 1 fully saturated rings. The minimum atomic E-state index is -0.134. The van der Waals surface area contributed by atoms with Crippen LogP contribution in [-0.2, 0) is 9.53 Å². The van der Waals surface area contributed by atoms with Crippen LogP contribution in [0.5, 0.6) is 0 Å². The molecule has 3 unspecified atom stereocenters. The fourth-order valence-electron chi connectivity index (χ4n) is 1.57. The molecule has 0 aromatic heterocycles. The molecule has 4 heteroatoms. The van der Waals surface area contributed by atoms with Gasteiger partial charge in [0.2, 0.25) is 5.91 Å². The van der Waals surface area contributed by atoms with E-state index in [0.29, 0.717) is 6.04 Å². The lowest BCUT2D eigenvalue weighted by atomic mass is 10.2. The van der Waals surface area contributed by atoms with Crippen LogP contribution in [0.1, 0.15) is 33.6 Å². The zero-order valence-corrected chi connectivity index (χ0v) is 9.88. The van der Waals surface area contributed by atoms with Gasteiger partial charge in [0.15, 0.2) is 0 Å². The van der Waals surface area contributed by atoms with Gasteiger partial charge in [-0.3, -0.25) is 4.79 Å². The third kappa shape index (κ3) is 4.18. The minimum absolute atomic E-state index is 0.0799. The third-order valence-electron chi connectivity index (χ3n) is 2.81. The van der Waals surface area contributed by atoms with E-state index in [1.807, 2.05) is 13.8 Å². The molecular formula is C11H22N2O2. The molecule has 0 aromatic carbocycles. The molecule has 0 saturated carbocycles. The Kier molecular flexibility index (Phi) is 5.05. The molecule has 1 saturated heterocycles. The van der Waals surface area contributed by atoms with Crippen LogP contribution in [-0.4, -0.2) is 37.2 Å². The van der Waals surface area contributed by atoms with E-state index in [0.717, 1.165) is 26.1 Å². The van der Waals surface area contributed by atoms with Crippen molar-refractivity contribution in [1.82, 2.24) is 10.6 Å². The van der Waals surface area contributed by atoms with Crippen LogP contribution in [0.4, 0.5) is 0 Å². The van der Waals surface area contributed by atoms with Gasteiger partial charge >= 0.3 is 0 Å². The van der Waals surface area contributed by atoms with Crippen molar-refractivity contribution in [3.05, 3.63) is 0 Å². The van der Waals surface area contributed by atoms with E-state index in [9.17, 15) is 4.79 Å². The second-order valence-corrected chi connectivity index (χ2v) is 4.27. The van der Waals surface area contributed by atoms with E-state index >= 15 is 0 Å². The SMILES string of the molecule is CCC(C)NC(=O)C(C)NC1CCOC1. The second kappa shape index (κ2) is 6.08. The van der Waals surface area contributed by atoms with Gasteiger partial charge in [0.1, 0.15) is 0 Å². The molecule has 3 atom stereocenters. The molecule has 0 bridgehead atoms. The van der Waals surface area contributed by atoms with Crippen LogP contribution < -0.4 is 10.6 Å². The first-order chi connectivity index (χ1) is 7.13. The van der Waals surface area contributed by atoms with Crippen LogP contribution in [0.25, 0.3) is 0 Å². The summed E-state index contributed by atoms with van der Waals surface area (Å²) in [6.07, 6.45) is 1.96. The fraction of sp³-hybridized carbons (Fsp3) is 0.909. The van der Waals surface area contributed by atoms with Crippen molar-refractivity contribution in [3.8, 4) is 0 Å². The third-order valence-corrected chi connectivity index (χ3v) is 2.81. The summed E-state index contributed by atoms with van der Waals surface area (Å²) in [4.78, 5) is 11.7. The molecule has 1 heterocycles. The highest BCUT2D eigenvalue weighted by Gasteiger charge is 2.21. The van der Waals surface area contributed by atoms with Crippen molar-refractivity contribution in [2.45, 2.75) is 51.7 Å². The Morgan fingerprint density at radius 1 is 1.53 bits per heavy atom. The number of rotatable bonds is 5. The van der Waals surface area contributed by atoms with Crippen molar-refractivity contribution in [3.63, 3.8) is 0 Å². The number of hydrogen-bond acceptors (Lipinski definition) is 3. The Hall–Kier alpha value is -0.610. The molecule has 1 aliphatic rings. The van der Waals surface area contributed by atoms with Crippen molar-refractivity contribution in [2.24, 2.45) is 0 Å². The van der Waals surface area contributed by atoms with Crippen LogP contribution in [0.3, 0.4) is 0 Å². The molecule has 1 aliphatic heterocycles. The highest BCUT2D eigenvalue weighted by molar-refractivity contribution is 5.81. The average molecular weight is 214 g/mol. The minimum Gasteiger partial charge on any atom is -0.380 e. The average Bonchev–Trinajstić information content (AvgIpc) is 2.70. The molecule has 88 valence electrons. The van der Waals surface area contributed by atoms with Gasteiger partial charge in [0.05, 0.1) is 12.6 Å². The molecule has 0 radical (unpaired) electrons. The molecule has 0 aromatic rings. The van der Waals surface area contributed by atoms with E-state index in [-0.39, 0.29) is 18.0 Å². The zero-order chi connectivity index (χ0) is 11.3. The molecule has 2 N–H and O–H groups in total.